The molecule has 0 spiro atoms. The minimum absolute atomic E-state index is 0.176. The smallest absolute Gasteiger partial charge is 0.114 e. The molecule has 2 unspecified atom stereocenters. The Morgan fingerprint density at radius 2 is 2.00 bits per heavy atom. The summed E-state index contributed by atoms with van der Waals surface area (Å²) < 4.78 is 0. The minimum Gasteiger partial charge on any atom is -0.316 e. The van der Waals surface area contributed by atoms with Crippen LogP contribution in [0.1, 0.15) is 45.4 Å². The standard InChI is InChI=1S/C14H25N3/c1-2-13-11-16-8-7-14(13,12-15)17-9-5-3-4-6-10-17/h13,16H,2-11H2,1H3. The van der Waals surface area contributed by atoms with Crippen LogP contribution >= 0.6 is 0 Å². The van der Waals surface area contributed by atoms with Crippen LogP contribution in [0.15, 0.2) is 0 Å². The summed E-state index contributed by atoms with van der Waals surface area (Å²) in [7, 11) is 0. The van der Waals surface area contributed by atoms with Crippen LogP contribution < -0.4 is 5.32 Å². The molecule has 2 aliphatic heterocycles. The second-order valence-electron chi connectivity index (χ2n) is 5.50. The normalized spacial score (nSPS) is 36.1. The SMILES string of the molecule is CCC1CNCCC1(C#N)N1CCCCCC1. The van der Waals surface area contributed by atoms with Crippen molar-refractivity contribution in [2.75, 3.05) is 26.2 Å². The Morgan fingerprint density at radius 1 is 1.29 bits per heavy atom. The van der Waals surface area contributed by atoms with Crippen LogP contribution in [0.3, 0.4) is 0 Å². The van der Waals surface area contributed by atoms with Gasteiger partial charge in [0, 0.05) is 12.5 Å². The van der Waals surface area contributed by atoms with Gasteiger partial charge in [-0.15, -0.1) is 0 Å². The lowest BCUT2D eigenvalue weighted by molar-refractivity contribution is 0.0538. The van der Waals surface area contributed by atoms with E-state index in [2.05, 4.69) is 23.2 Å². The van der Waals surface area contributed by atoms with Crippen LogP contribution in [-0.2, 0) is 0 Å². The van der Waals surface area contributed by atoms with E-state index in [9.17, 15) is 5.26 Å². The maximum absolute atomic E-state index is 9.77. The number of nitrogens with one attached hydrogen (secondary N) is 1. The van der Waals surface area contributed by atoms with Gasteiger partial charge in [-0.1, -0.05) is 19.8 Å². The molecule has 2 saturated heterocycles. The van der Waals surface area contributed by atoms with Crippen LogP contribution in [0.2, 0.25) is 0 Å². The Balaban J connectivity index is 2.18. The number of rotatable bonds is 2. The summed E-state index contributed by atoms with van der Waals surface area (Å²) in [6, 6.07) is 2.70. The molecule has 0 aromatic heterocycles. The van der Waals surface area contributed by atoms with Gasteiger partial charge in [-0.3, -0.25) is 4.90 Å². The Kier molecular flexibility index (Phi) is 4.42. The van der Waals surface area contributed by atoms with E-state index in [4.69, 9.17) is 0 Å². The van der Waals surface area contributed by atoms with Crippen molar-refractivity contribution in [2.24, 2.45) is 5.92 Å². The molecule has 0 aromatic carbocycles. The summed E-state index contributed by atoms with van der Waals surface area (Å²) in [5.74, 6) is 0.499. The highest BCUT2D eigenvalue weighted by atomic mass is 15.2. The first-order chi connectivity index (χ1) is 8.33. The quantitative estimate of drug-likeness (QED) is 0.797. The van der Waals surface area contributed by atoms with E-state index in [-0.39, 0.29) is 5.54 Å². The Labute approximate surface area is 105 Å². The van der Waals surface area contributed by atoms with Crippen molar-refractivity contribution in [3.05, 3.63) is 0 Å². The molecule has 2 heterocycles. The molecule has 2 fully saturated rings. The molecule has 96 valence electrons. The number of nitriles is 1. The summed E-state index contributed by atoms with van der Waals surface area (Å²) in [5, 5.41) is 13.2. The van der Waals surface area contributed by atoms with E-state index >= 15 is 0 Å². The summed E-state index contributed by atoms with van der Waals surface area (Å²) in [5.41, 5.74) is -0.176. The van der Waals surface area contributed by atoms with E-state index in [1.165, 1.54) is 25.7 Å². The molecule has 0 amide bonds. The molecule has 3 nitrogen and oxygen atoms in total. The van der Waals surface area contributed by atoms with Crippen molar-refractivity contribution in [3.8, 4) is 6.07 Å². The second kappa shape index (κ2) is 5.84. The first kappa shape index (κ1) is 12.9. The molecule has 0 bridgehead atoms. The summed E-state index contributed by atoms with van der Waals surface area (Å²) in [6.45, 7) is 6.50. The summed E-state index contributed by atoms with van der Waals surface area (Å²) in [4.78, 5) is 2.51. The van der Waals surface area contributed by atoms with E-state index in [0.29, 0.717) is 5.92 Å². The highest BCUT2D eigenvalue weighted by molar-refractivity contribution is 5.14. The van der Waals surface area contributed by atoms with E-state index in [1.807, 2.05) is 0 Å². The molecule has 2 rings (SSSR count). The third-order valence-electron chi connectivity index (χ3n) is 4.61. The first-order valence-corrected chi connectivity index (χ1v) is 7.20. The fraction of sp³-hybridized carbons (Fsp3) is 0.929. The molecule has 0 aromatic rings. The largest absolute Gasteiger partial charge is 0.316 e. The molecule has 3 heteroatoms. The average molecular weight is 235 g/mol. The van der Waals surface area contributed by atoms with Crippen LogP contribution in [0, 0.1) is 17.2 Å². The molecule has 0 radical (unpaired) electrons. The molecule has 0 aliphatic carbocycles. The van der Waals surface area contributed by atoms with E-state index in [1.54, 1.807) is 0 Å². The molecule has 2 aliphatic rings. The summed E-state index contributed by atoms with van der Waals surface area (Å²) >= 11 is 0. The number of likely N-dealkylation sites (tertiary alicyclic amines) is 1. The fourth-order valence-electron chi connectivity index (χ4n) is 3.51. The Hall–Kier alpha value is -0.590. The van der Waals surface area contributed by atoms with Gasteiger partial charge in [-0.05, 0) is 45.3 Å². The van der Waals surface area contributed by atoms with Gasteiger partial charge >= 0.3 is 0 Å². The summed E-state index contributed by atoms with van der Waals surface area (Å²) in [6.07, 6.45) is 7.33. The van der Waals surface area contributed by atoms with Crippen LogP contribution in [0.5, 0.6) is 0 Å². The Bertz CT molecular complexity index is 276. The fourth-order valence-corrected chi connectivity index (χ4v) is 3.51. The van der Waals surface area contributed by atoms with Crippen molar-refractivity contribution in [2.45, 2.75) is 51.0 Å². The van der Waals surface area contributed by atoms with Crippen molar-refractivity contribution in [1.82, 2.24) is 10.2 Å². The predicted octanol–water partition coefficient (Wildman–Crippen LogP) is 2.14. The lowest BCUT2D eigenvalue weighted by Gasteiger charge is -2.46. The zero-order valence-electron chi connectivity index (χ0n) is 11.0. The maximum atomic E-state index is 9.77. The van der Waals surface area contributed by atoms with Crippen LogP contribution in [0.25, 0.3) is 0 Å². The van der Waals surface area contributed by atoms with Gasteiger partial charge in [0.15, 0.2) is 0 Å². The van der Waals surface area contributed by atoms with E-state index < -0.39 is 0 Å². The number of hydrogen-bond donors (Lipinski definition) is 1. The third kappa shape index (κ3) is 2.48. The number of piperidine rings is 1. The molecular formula is C14H25N3. The van der Waals surface area contributed by atoms with Crippen molar-refractivity contribution >= 4 is 0 Å². The topological polar surface area (TPSA) is 39.1 Å². The van der Waals surface area contributed by atoms with Crippen molar-refractivity contribution in [3.63, 3.8) is 0 Å². The highest BCUT2D eigenvalue weighted by Crippen LogP contribution is 2.34. The first-order valence-electron chi connectivity index (χ1n) is 7.20. The lowest BCUT2D eigenvalue weighted by Crippen LogP contribution is -2.59. The number of hydrogen-bond acceptors (Lipinski definition) is 3. The molecule has 17 heavy (non-hydrogen) atoms. The van der Waals surface area contributed by atoms with Crippen molar-refractivity contribution in [1.29, 1.82) is 5.26 Å². The Morgan fingerprint density at radius 3 is 2.59 bits per heavy atom. The van der Waals surface area contributed by atoms with Gasteiger partial charge in [0.1, 0.15) is 5.54 Å². The third-order valence-corrected chi connectivity index (χ3v) is 4.61. The predicted molar refractivity (Wildman–Crippen MR) is 69.7 cm³/mol. The van der Waals surface area contributed by atoms with Crippen molar-refractivity contribution < 1.29 is 0 Å². The van der Waals surface area contributed by atoms with Gasteiger partial charge < -0.3 is 5.32 Å². The molecule has 2 atom stereocenters. The molecule has 0 saturated carbocycles. The highest BCUT2D eigenvalue weighted by Gasteiger charge is 2.44. The average Bonchev–Trinajstić information content (AvgIpc) is 2.67. The minimum atomic E-state index is -0.176. The zero-order chi connectivity index (χ0) is 12.1. The lowest BCUT2D eigenvalue weighted by atomic mass is 9.76. The van der Waals surface area contributed by atoms with Crippen LogP contribution in [-0.4, -0.2) is 36.6 Å². The van der Waals surface area contributed by atoms with Gasteiger partial charge in [0.25, 0.3) is 0 Å². The second-order valence-corrected chi connectivity index (χ2v) is 5.50. The molecule has 1 N–H and O–H groups in total. The van der Waals surface area contributed by atoms with Crippen LogP contribution in [0.4, 0.5) is 0 Å². The maximum Gasteiger partial charge on any atom is 0.114 e. The zero-order valence-corrected chi connectivity index (χ0v) is 11.0. The van der Waals surface area contributed by atoms with Gasteiger partial charge in [-0.2, -0.15) is 5.26 Å². The van der Waals surface area contributed by atoms with E-state index in [0.717, 1.165) is 39.0 Å². The van der Waals surface area contributed by atoms with Gasteiger partial charge in [0.2, 0.25) is 0 Å². The van der Waals surface area contributed by atoms with Gasteiger partial charge in [-0.25, -0.2) is 0 Å². The monoisotopic (exact) mass is 235 g/mol. The number of nitrogens with zero attached hydrogens (tertiary/aromatic N) is 2. The van der Waals surface area contributed by atoms with Gasteiger partial charge in [0.05, 0.1) is 6.07 Å². The molecular weight excluding hydrogens is 210 g/mol.